The van der Waals surface area contributed by atoms with Crippen LogP contribution >= 0.6 is 11.6 Å². The van der Waals surface area contributed by atoms with Gasteiger partial charge in [0.05, 0.1) is 6.20 Å². The topological polar surface area (TPSA) is 70.1 Å². The van der Waals surface area contributed by atoms with Gasteiger partial charge in [-0.3, -0.25) is 4.68 Å². The van der Waals surface area contributed by atoms with E-state index in [1.165, 1.54) is 0 Å². The molecule has 2 N–H and O–H groups in total. The molecule has 0 amide bonds. The van der Waals surface area contributed by atoms with Crippen LogP contribution in [0, 0.1) is 0 Å². The summed E-state index contributed by atoms with van der Waals surface area (Å²) >= 11 is 5.97. The molecule has 0 aliphatic heterocycles. The summed E-state index contributed by atoms with van der Waals surface area (Å²) in [5, 5.41) is 4.52. The number of carbonyl (C=O) groups is 1. The van der Waals surface area contributed by atoms with Gasteiger partial charge in [0, 0.05) is 29.4 Å². The molecule has 19 heavy (non-hydrogen) atoms. The Bertz CT molecular complexity index is 583. The molecule has 2 aromatic rings. The number of benzene rings is 1. The number of esters is 1. The summed E-state index contributed by atoms with van der Waals surface area (Å²) in [6.07, 6.45) is 3.23. The first kappa shape index (κ1) is 13.6. The van der Waals surface area contributed by atoms with Crippen molar-refractivity contribution in [3.05, 3.63) is 52.8 Å². The number of aromatic nitrogens is 2. The molecule has 1 atom stereocenters. The lowest BCUT2D eigenvalue weighted by Crippen LogP contribution is -2.23. The smallest absolute Gasteiger partial charge is 0.328 e. The Labute approximate surface area is 115 Å². The Morgan fingerprint density at radius 3 is 2.89 bits per heavy atom. The predicted molar refractivity (Wildman–Crippen MR) is 71.4 cm³/mol. The van der Waals surface area contributed by atoms with Crippen molar-refractivity contribution in [2.45, 2.75) is 12.6 Å². The maximum Gasteiger partial charge on any atom is 0.328 e. The zero-order chi connectivity index (χ0) is 13.8. The molecule has 0 fully saturated rings. The van der Waals surface area contributed by atoms with Crippen molar-refractivity contribution in [3.8, 4) is 0 Å². The van der Waals surface area contributed by atoms with Crippen LogP contribution in [0.4, 0.5) is 0 Å². The van der Waals surface area contributed by atoms with E-state index >= 15 is 0 Å². The molecule has 0 saturated heterocycles. The first-order valence-corrected chi connectivity index (χ1v) is 6.10. The van der Waals surface area contributed by atoms with Gasteiger partial charge in [-0.05, 0) is 6.07 Å². The molecule has 100 valence electrons. The van der Waals surface area contributed by atoms with Crippen LogP contribution in [0.25, 0.3) is 0 Å². The molecule has 6 heteroatoms. The van der Waals surface area contributed by atoms with Crippen molar-refractivity contribution in [1.29, 1.82) is 0 Å². The van der Waals surface area contributed by atoms with E-state index < -0.39 is 12.0 Å². The Morgan fingerprint density at radius 1 is 1.53 bits per heavy atom. The van der Waals surface area contributed by atoms with Crippen LogP contribution in [0.5, 0.6) is 0 Å². The van der Waals surface area contributed by atoms with Gasteiger partial charge in [0.25, 0.3) is 0 Å². The first-order valence-electron chi connectivity index (χ1n) is 5.72. The van der Waals surface area contributed by atoms with Crippen LogP contribution in [0.3, 0.4) is 0 Å². The molecule has 5 nitrogen and oxygen atoms in total. The summed E-state index contributed by atoms with van der Waals surface area (Å²) in [4.78, 5) is 11.8. The summed E-state index contributed by atoms with van der Waals surface area (Å²) < 4.78 is 6.73. The number of aryl methyl sites for hydroxylation is 1. The molecule has 0 aliphatic rings. The third-order valence-corrected chi connectivity index (χ3v) is 3.03. The van der Waals surface area contributed by atoms with Gasteiger partial charge < -0.3 is 10.5 Å². The van der Waals surface area contributed by atoms with Gasteiger partial charge in [-0.25, -0.2) is 4.79 Å². The monoisotopic (exact) mass is 279 g/mol. The standard InChI is InChI=1S/C13H14ClN3O2/c1-17-7-10(6-16-17)12(15)13(18)19-8-9-4-2-3-5-11(9)14/h2-7,12H,8,15H2,1H3. The quantitative estimate of drug-likeness (QED) is 0.867. The maximum absolute atomic E-state index is 11.8. The highest BCUT2D eigenvalue weighted by molar-refractivity contribution is 6.31. The van der Waals surface area contributed by atoms with E-state index in [0.717, 1.165) is 5.56 Å². The summed E-state index contributed by atoms with van der Waals surface area (Å²) in [5.41, 5.74) is 7.16. The predicted octanol–water partition coefficient (Wildman–Crippen LogP) is 1.82. The molecule has 1 unspecified atom stereocenters. The van der Waals surface area contributed by atoms with Crippen LogP contribution in [-0.4, -0.2) is 15.7 Å². The molecule has 0 aliphatic carbocycles. The highest BCUT2D eigenvalue weighted by atomic mass is 35.5. The number of hydrogen-bond donors (Lipinski definition) is 1. The summed E-state index contributed by atoms with van der Waals surface area (Å²) in [6, 6.07) is 6.35. The summed E-state index contributed by atoms with van der Waals surface area (Å²) in [7, 11) is 1.76. The number of carbonyl (C=O) groups excluding carboxylic acids is 1. The first-order chi connectivity index (χ1) is 9.08. The fourth-order valence-electron chi connectivity index (χ4n) is 1.59. The molecule has 2 rings (SSSR count). The van der Waals surface area contributed by atoms with Crippen molar-refractivity contribution in [3.63, 3.8) is 0 Å². The van der Waals surface area contributed by atoms with Crippen LogP contribution in [0.15, 0.2) is 36.7 Å². The van der Waals surface area contributed by atoms with Crippen LogP contribution in [0.2, 0.25) is 5.02 Å². The normalized spacial score (nSPS) is 12.2. The molecule has 0 bridgehead atoms. The second-order valence-corrected chi connectivity index (χ2v) is 4.53. The summed E-state index contributed by atoms with van der Waals surface area (Å²) in [5.74, 6) is -0.507. The molecule has 0 radical (unpaired) electrons. The van der Waals surface area contributed by atoms with Gasteiger partial charge in [-0.2, -0.15) is 5.10 Å². The van der Waals surface area contributed by atoms with Crippen LogP contribution < -0.4 is 5.73 Å². The molecule has 1 aromatic carbocycles. The second kappa shape index (κ2) is 5.86. The van der Waals surface area contributed by atoms with Gasteiger partial charge >= 0.3 is 5.97 Å². The minimum atomic E-state index is -0.837. The fraction of sp³-hybridized carbons (Fsp3) is 0.231. The Kier molecular flexibility index (Phi) is 4.19. The Balaban J connectivity index is 1.96. The maximum atomic E-state index is 11.8. The van der Waals surface area contributed by atoms with Gasteiger partial charge in [-0.1, -0.05) is 29.8 Å². The third kappa shape index (κ3) is 3.33. The average Bonchev–Trinajstić information content (AvgIpc) is 2.83. The lowest BCUT2D eigenvalue weighted by atomic mass is 10.2. The molecule has 1 heterocycles. The van der Waals surface area contributed by atoms with Crippen molar-refractivity contribution in [2.75, 3.05) is 0 Å². The number of rotatable bonds is 4. The number of nitrogens with two attached hydrogens (primary N) is 1. The molecule has 0 saturated carbocycles. The average molecular weight is 280 g/mol. The number of nitrogens with zero attached hydrogens (tertiary/aromatic N) is 2. The number of hydrogen-bond acceptors (Lipinski definition) is 4. The van der Waals surface area contributed by atoms with E-state index in [9.17, 15) is 4.79 Å². The van der Waals surface area contributed by atoms with Gasteiger partial charge in [0.2, 0.25) is 0 Å². The van der Waals surface area contributed by atoms with Crippen LogP contribution in [-0.2, 0) is 23.2 Å². The third-order valence-electron chi connectivity index (χ3n) is 2.67. The lowest BCUT2D eigenvalue weighted by Gasteiger charge is -2.10. The highest BCUT2D eigenvalue weighted by Crippen LogP contribution is 2.17. The zero-order valence-electron chi connectivity index (χ0n) is 10.4. The highest BCUT2D eigenvalue weighted by Gasteiger charge is 2.19. The molecular formula is C13H14ClN3O2. The number of ether oxygens (including phenoxy) is 1. The van der Waals surface area contributed by atoms with Crippen molar-refractivity contribution >= 4 is 17.6 Å². The second-order valence-electron chi connectivity index (χ2n) is 4.12. The Morgan fingerprint density at radius 2 is 2.26 bits per heavy atom. The fourth-order valence-corrected chi connectivity index (χ4v) is 1.78. The van der Waals surface area contributed by atoms with Crippen molar-refractivity contribution in [1.82, 2.24) is 9.78 Å². The van der Waals surface area contributed by atoms with E-state index in [2.05, 4.69) is 5.10 Å². The van der Waals surface area contributed by atoms with Gasteiger partial charge in [0.1, 0.15) is 12.6 Å². The number of halogens is 1. The minimum absolute atomic E-state index is 0.104. The van der Waals surface area contributed by atoms with E-state index in [0.29, 0.717) is 10.6 Å². The van der Waals surface area contributed by atoms with Crippen LogP contribution in [0.1, 0.15) is 17.2 Å². The Hall–Kier alpha value is -1.85. The molecule has 0 spiro atoms. The van der Waals surface area contributed by atoms with E-state index in [1.54, 1.807) is 36.3 Å². The van der Waals surface area contributed by atoms with Crippen molar-refractivity contribution in [2.24, 2.45) is 12.8 Å². The SMILES string of the molecule is Cn1cc(C(N)C(=O)OCc2ccccc2Cl)cn1. The minimum Gasteiger partial charge on any atom is -0.459 e. The van der Waals surface area contributed by atoms with Gasteiger partial charge in [-0.15, -0.1) is 0 Å². The molecule has 1 aromatic heterocycles. The van der Waals surface area contributed by atoms with Crippen molar-refractivity contribution < 1.29 is 9.53 Å². The summed E-state index contributed by atoms with van der Waals surface area (Å²) in [6.45, 7) is 0.104. The largest absolute Gasteiger partial charge is 0.459 e. The zero-order valence-corrected chi connectivity index (χ0v) is 11.2. The van der Waals surface area contributed by atoms with E-state index in [1.807, 2.05) is 12.1 Å². The van der Waals surface area contributed by atoms with Gasteiger partial charge in [0.15, 0.2) is 0 Å². The molecular weight excluding hydrogens is 266 g/mol. The lowest BCUT2D eigenvalue weighted by molar-refractivity contribution is -0.146. The van der Waals surface area contributed by atoms with E-state index in [-0.39, 0.29) is 6.61 Å². The van der Waals surface area contributed by atoms with E-state index in [4.69, 9.17) is 22.1 Å².